The summed E-state index contributed by atoms with van der Waals surface area (Å²) in [5.74, 6) is 0.627. The Morgan fingerprint density at radius 2 is 1.55 bits per heavy atom. The lowest BCUT2D eigenvalue weighted by Crippen LogP contribution is -2.22. The molecule has 0 saturated carbocycles. The van der Waals surface area contributed by atoms with Crippen molar-refractivity contribution in [2.45, 2.75) is 5.92 Å². The molecule has 0 radical (unpaired) electrons. The Morgan fingerprint density at radius 3 is 2.20 bits per heavy atom. The quantitative estimate of drug-likeness (QED) is 0.794. The van der Waals surface area contributed by atoms with Gasteiger partial charge in [-0.1, -0.05) is 60.7 Å². The van der Waals surface area contributed by atoms with Crippen molar-refractivity contribution in [3.05, 3.63) is 71.8 Å². The van der Waals surface area contributed by atoms with E-state index in [1.54, 1.807) is 0 Å². The molecule has 1 fully saturated rings. The van der Waals surface area contributed by atoms with E-state index >= 15 is 0 Å². The van der Waals surface area contributed by atoms with E-state index in [0.717, 1.165) is 18.7 Å². The molecule has 0 aromatic heterocycles. The van der Waals surface area contributed by atoms with Crippen molar-refractivity contribution in [1.82, 2.24) is 4.90 Å². The topological polar surface area (TPSA) is 20.3 Å². The number of carbonyl (C=O) groups is 1. The average Bonchev–Trinajstić information content (AvgIpc) is 2.90. The molecule has 2 aromatic rings. The number of hydrogen-bond acceptors (Lipinski definition) is 2. The standard InChI is InChI=1S/C18H19NO/c1-19-12-16(14-8-4-2-5-9-14)17(13-19)18(20)15-10-6-3-7-11-15/h2-11,16-17H,12-13H2,1H3/t16-,17-/m1/s1. The van der Waals surface area contributed by atoms with Gasteiger partial charge < -0.3 is 4.90 Å². The van der Waals surface area contributed by atoms with Crippen LogP contribution in [0.3, 0.4) is 0 Å². The molecule has 2 aromatic carbocycles. The van der Waals surface area contributed by atoms with Gasteiger partial charge in [0.2, 0.25) is 0 Å². The zero-order valence-electron chi connectivity index (χ0n) is 11.7. The number of rotatable bonds is 3. The lowest BCUT2D eigenvalue weighted by molar-refractivity contribution is 0.0915. The molecule has 0 spiro atoms. The lowest BCUT2D eigenvalue weighted by atomic mass is 9.84. The van der Waals surface area contributed by atoms with Crippen molar-refractivity contribution in [3.63, 3.8) is 0 Å². The molecule has 1 saturated heterocycles. The van der Waals surface area contributed by atoms with Gasteiger partial charge in [-0.05, 0) is 12.6 Å². The van der Waals surface area contributed by atoms with E-state index in [2.05, 4.69) is 36.2 Å². The van der Waals surface area contributed by atoms with E-state index in [1.807, 2.05) is 36.4 Å². The largest absolute Gasteiger partial charge is 0.305 e. The number of ketones is 1. The van der Waals surface area contributed by atoms with Gasteiger partial charge in [0.05, 0.1) is 0 Å². The molecule has 1 aliphatic rings. The molecule has 0 amide bonds. The summed E-state index contributed by atoms with van der Waals surface area (Å²) >= 11 is 0. The summed E-state index contributed by atoms with van der Waals surface area (Å²) in [4.78, 5) is 15.0. The summed E-state index contributed by atoms with van der Waals surface area (Å²) in [6.07, 6.45) is 0. The molecule has 102 valence electrons. The monoisotopic (exact) mass is 265 g/mol. The van der Waals surface area contributed by atoms with E-state index < -0.39 is 0 Å². The first-order valence-corrected chi connectivity index (χ1v) is 7.08. The number of likely N-dealkylation sites (tertiary alicyclic amines) is 1. The van der Waals surface area contributed by atoms with Gasteiger partial charge in [0, 0.05) is 30.5 Å². The number of likely N-dealkylation sites (N-methyl/N-ethyl adjacent to an activating group) is 1. The van der Waals surface area contributed by atoms with E-state index in [4.69, 9.17) is 0 Å². The molecule has 1 aliphatic heterocycles. The molecule has 3 rings (SSSR count). The molecule has 0 aliphatic carbocycles. The van der Waals surface area contributed by atoms with Crippen LogP contribution in [0.25, 0.3) is 0 Å². The van der Waals surface area contributed by atoms with Crippen molar-refractivity contribution in [2.75, 3.05) is 20.1 Å². The molecule has 0 unspecified atom stereocenters. The lowest BCUT2D eigenvalue weighted by Gasteiger charge is -2.17. The third-order valence-electron chi connectivity index (χ3n) is 4.13. The summed E-state index contributed by atoms with van der Waals surface area (Å²) in [6.45, 7) is 1.79. The number of Topliss-reactive ketones (excluding diaryl/α,β-unsaturated/α-hetero) is 1. The summed E-state index contributed by atoms with van der Waals surface area (Å²) in [5.41, 5.74) is 2.10. The zero-order valence-corrected chi connectivity index (χ0v) is 11.7. The van der Waals surface area contributed by atoms with Crippen LogP contribution in [0.1, 0.15) is 21.8 Å². The highest BCUT2D eigenvalue weighted by molar-refractivity contribution is 5.98. The number of carbonyl (C=O) groups excluding carboxylic acids is 1. The first-order chi connectivity index (χ1) is 9.75. The van der Waals surface area contributed by atoms with Crippen LogP contribution in [0.5, 0.6) is 0 Å². The predicted molar refractivity (Wildman–Crippen MR) is 80.9 cm³/mol. The van der Waals surface area contributed by atoms with Crippen LogP contribution >= 0.6 is 0 Å². The van der Waals surface area contributed by atoms with Gasteiger partial charge in [-0.3, -0.25) is 4.79 Å². The minimum Gasteiger partial charge on any atom is -0.305 e. The number of nitrogens with zero attached hydrogens (tertiary/aromatic N) is 1. The normalized spacial score (nSPS) is 22.9. The van der Waals surface area contributed by atoms with Crippen LogP contribution in [-0.2, 0) is 0 Å². The van der Waals surface area contributed by atoms with Gasteiger partial charge in [-0.15, -0.1) is 0 Å². The Bertz CT molecular complexity index is 579. The maximum absolute atomic E-state index is 12.7. The predicted octanol–water partition coefficient (Wildman–Crippen LogP) is 3.21. The Kier molecular flexibility index (Phi) is 3.66. The van der Waals surface area contributed by atoms with Crippen LogP contribution in [0, 0.1) is 5.92 Å². The van der Waals surface area contributed by atoms with Gasteiger partial charge >= 0.3 is 0 Å². The minimum atomic E-state index is 0.0600. The second-order valence-corrected chi connectivity index (χ2v) is 5.58. The fourth-order valence-corrected chi connectivity index (χ4v) is 3.12. The third kappa shape index (κ3) is 2.52. The molecule has 2 heteroatoms. The maximum atomic E-state index is 12.7. The van der Waals surface area contributed by atoms with Crippen LogP contribution < -0.4 is 0 Å². The highest BCUT2D eigenvalue weighted by Crippen LogP contribution is 2.34. The van der Waals surface area contributed by atoms with E-state index in [1.165, 1.54) is 5.56 Å². The van der Waals surface area contributed by atoms with Gasteiger partial charge in [0.1, 0.15) is 0 Å². The van der Waals surface area contributed by atoms with Crippen LogP contribution in [0.15, 0.2) is 60.7 Å². The van der Waals surface area contributed by atoms with Crippen LogP contribution in [0.2, 0.25) is 0 Å². The van der Waals surface area contributed by atoms with Crippen molar-refractivity contribution < 1.29 is 4.79 Å². The first kappa shape index (κ1) is 13.1. The molecule has 0 bridgehead atoms. The van der Waals surface area contributed by atoms with Crippen molar-refractivity contribution in [1.29, 1.82) is 0 Å². The van der Waals surface area contributed by atoms with E-state index in [0.29, 0.717) is 5.92 Å². The molecular weight excluding hydrogens is 246 g/mol. The van der Waals surface area contributed by atoms with Crippen molar-refractivity contribution >= 4 is 5.78 Å². The summed E-state index contributed by atoms with van der Waals surface area (Å²) in [6, 6.07) is 20.1. The van der Waals surface area contributed by atoms with Crippen LogP contribution in [0.4, 0.5) is 0 Å². The Labute approximate surface area is 120 Å². The second kappa shape index (κ2) is 5.59. The highest BCUT2D eigenvalue weighted by Gasteiger charge is 2.36. The second-order valence-electron chi connectivity index (χ2n) is 5.58. The molecule has 1 heterocycles. The van der Waals surface area contributed by atoms with Crippen LogP contribution in [-0.4, -0.2) is 30.8 Å². The van der Waals surface area contributed by atoms with Gasteiger partial charge in [-0.25, -0.2) is 0 Å². The van der Waals surface area contributed by atoms with E-state index in [-0.39, 0.29) is 11.7 Å². The molecule has 2 nitrogen and oxygen atoms in total. The SMILES string of the molecule is CN1C[C@H](c2ccccc2)[C@H](C(=O)c2ccccc2)C1. The Morgan fingerprint density at radius 1 is 0.950 bits per heavy atom. The van der Waals surface area contributed by atoms with Crippen molar-refractivity contribution in [3.8, 4) is 0 Å². The number of hydrogen-bond donors (Lipinski definition) is 0. The number of benzene rings is 2. The fourth-order valence-electron chi connectivity index (χ4n) is 3.12. The maximum Gasteiger partial charge on any atom is 0.167 e. The average molecular weight is 265 g/mol. The smallest absolute Gasteiger partial charge is 0.167 e. The van der Waals surface area contributed by atoms with Gasteiger partial charge in [0.25, 0.3) is 0 Å². The Hall–Kier alpha value is -1.93. The summed E-state index contributed by atoms with van der Waals surface area (Å²) < 4.78 is 0. The first-order valence-electron chi connectivity index (χ1n) is 7.08. The van der Waals surface area contributed by atoms with Crippen molar-refractivity contribution in [2.24, 2.45) is 5.92 Å². The highest BCUT2D eigenvalue weighted by atomic mass is 16.1. The summed E-state index contributed by atoms with van der Waals surface area (Å²) in [5, 5.41) is 0. The van der Waals surface area contributed by atoms with Gasteiger partial charge in [0.15, 0.2) is 5.78 Å². The molecule has 20 heavy (non-hydrogen) atoms. The molecule has 2 atom stereocenters. The van der Waals surface area contributed by atoms with E-state index in [9.17, 15) is 4.79 Å². The zero-order chi connectivity index (χ0) is 13.9. The fraction of sp³-hybridized carbons (Fsp3) is 0.278. The third-order valence-corrected chi connectivity index (χ3v) is 4.13. The molecule has 0 N–H and O–H groups in total. The molecular formula is C18H19NO. The summed E-state index contributed by atoms with van der Waals surface area (Å²) in [7, 11) is 2.09. The minimum absolute atomic E-state index is 0.0600. The Balaban J connectivity index is 1.89. The van der Waals surface area contributed by atoms with Gasteiger partial charge in [-0.2, -0.15) is 0 Å².